The lowest BCUT2D eigenvalue weighted by atomic mass is 10.2. The van der Waals surface area contributed by atoms with Crippen LogP contribution in [-0.4, -0.2) is 12.9 Å². The van der Waals surface area contributed by atoms with Gasteiger partial charge in [0.1, 0.15) is 16.6 Å². The summed E-state index contributed by atoms with van der Waals surface area (Å²) in [7, 11) is 1.43. The number of anilines is 2. The summed E-state index contributed by atoms with van der Waals surface area (Å²) >= 11 is 1.12. The number of nitrogens with two attached hydrogens (primary N) is 1. The van der Waals surface area contributed by atoms with Gasteiger partial charge < -0.3 is 15.8 Å². The normalized spacial score (nSPS) is 10.5. The van der Waals surface area contributed by atoms with E-state index >= 15 is 0 Å². The quantitative estimate of drug-likeness (QED) is 0.830. The van der Waals surface area contributed by atoms with E-state index in [2.05, 4.69) is 5.32 Å². The third-order valence-corrected chi connectivity index (χ3v) is 4.12. The Kier molecular flexibility index (Phi) is 4.42. The number of benzene rings is 1. The van der Waals surface area contributed by atoms with Gasteiger partial charge in [-0.2, -0.15) is 0 Å². The van der Waals surface area contributed by atoms with Crippen LogP contribution in [0.25, 0.3) is 0 Å². The number of nitrogen functional groups attached to an aromatic ring is 1. The van der Waals surface area contributed by atoms with E-state index in [1.165, 1.54) is 14.0 Å². The number of hydrogen-bond acceptors (Lipinski definition) is 5. The predicted molar refractivity (Wildman–Crippen MR) is 79.0 cm³/mol. The fourth-order valence-corrected chi connectivity index (χ4v) is 2.84. The molecule has 7 heteroatoms. The Balaban J connectivity index is 2.25. The molecule has 0 fully saturated rings. The van der Waals surface area contributed by atoms with E-state index in [0.717, 1.165) is 29.5 Å². The summed E-state index contributed by atoms with van der Waals surface area (Å²) in [6.07, 6.45) is 0. The lowest BCUT2D eigenvalue weighted by Crippen LogP contribution is -2.02. The van der Waals surface area contributed by atoms with Crippen molar-refractivity contribution in [1.82, 2.24) is 0 Å². The summed E-state index contributed by atoms with van der Waals surface area (Å²) in [6.45, 7) is 1.45. The second-order valence-corrected chi connectivity index (χ2v) is 5.37. The third kappa shape index (κ3) is 3.13. The highest BCUT2D eigenvalue weighted by Gasteiger charge is 2.19. The van der Waals surface area contributed by atoms with Crippen LogP contribution in [0.1, 0.15) is 22.2 Å². The molecule has 0 saturated carbocycles. The number of halogens is 2. The molecule has 112 valence electrons. The van der Waals surface area contributed by atoms with Gasteiger partial charge in [-0.15, -0.1) is 11.3 Å². The molecule has 0 aliphatic carbocycles. The average molecular weight is 312 g/mol. The lowest BCUT2D eigenvalue weighted by Gasteiger charge is -2.08. The Hall–Kier alpha value is -2.15. The zero-order valence-electron chi connectivity index (χ0n) is 11.5. The molecule has 1 heterocycles. The van der Waals surface area contributed by atoms with Crippen LogP contribution in [0, 0.1) is 11.6 Å². The van der Waals surface area contributed by atoms with Crippen LogP contribution in [0.3, 0.4) is 0 Å². The van der Waals surface area contributed by atoms with Gasteiger partial charge in [-0.05, 0) is 18.2 Å². The number of carbonyl (C=O) groups excluding carboxylic acids is 1. The molecule has 2 aromatic rings. The van der Waals surface area contributed by atoms with Crippen LogP contribution >= 0.6 is 11.3 Å². The van der Waals surface area contributed by atoms with Gasteiger partial charge in [0.15, 0.2) is 11.5 Å². The number of ether oxygens (including phenoxy) is 1. The summed E-state index contributed by atoms with van der Waals surface area (Å²) < 4.78 is 31.8. The minimum absolute atomic E-state index is 0.0528. The zero-order chi connectivity index (χ0) is 15.6. The Morgan fingerprint density at radius 2 is 2.14 bits per heavy atom. The van der Waals surface area contributed by atoms with Gasteiger partial charge in [0.2, 0.25) is 0 Å². The molecular weight excluding hydrogens is 298 g/mol. The van der Waals surface area contributed by atoms with Crippen molar-refractivity contribution < 1.29 is 18.3 Å². The SMILES string of the molecule is COc1c(NCc2cc(F)ccc2F)sc(C(C)=O)c1N. The Bertz CT molecular complexity index is 686. The summed E-state index contributed by atoms with van der Waals surface area (Å²) in [5.74, 6) is -0.878. The second kappa shape index (κ2) is 6.09. The first-order chi connectivity index (χ1) is 9.93. The number of ketones is 1. The Morgan fingerprint density at radius 1 is 1.43 bits per heavy atom. The molecule has 0 atom stereocenters. The van der Waals surface area contributed by atoms with Crippen LogP contribution in [0.15, 0.2) is 18.2 Å². The molecule has 2 rings (SSSR count). The molecule has 0 saturated heterocycles. The molecule has 0 amide bonds. The summed E-state index contributed by atoms with van der Waals surface area (Å²) in [5, 5.41) is 3.42. The number of methoxy groups -OCH3 is 1. The van der Waals surface area contributed by atoms with Crippen molar-refractivity contribution in [2.45, 2.75) is 13.5 Å². The highest BCUT2D eigenvalue weighted by atomic mass is 32.1. The topological polar surface area (TPSA) is 64.3 Å². The van der Waals surface area contributed by atoms with Gasteiger partial charge in [-0.25, -0.2) is 8.78 Å². The first-order valence-corrected chi connectivity index (χ1v) is 6.90. The van der Waals surface area contributed by atoms with E-state index in [1.54, 1.807) is 0 Å². The summed E-state index contributed by atoms with van der Waals surface area (Å²) in [4.78, 5) is 11.8. The minimum atomic E-state index is -0.518. The fraction of sp³-hybridized carbons (Fsp3) is 0.214. The summed E-state index contributed by atoms with van der Waals surface area (Å²) in [5.41, 5.74) is 6.25. The third-order valence-electron chi connectivity index (χ3n) is 2.87. The molecule has 0 spiro atoms. The van der Waals surface area contributed by atoms with Gasteiger partial charge in [0, 0.05) is 19.0 Å². The zero-order valence-corrected chi connectivity index (χ0v) is 12.3. The van der Waals surface area contributed by atoms with Crippen LogP contribution in [0.2, 0.25) is 0 Å². The smallest absolute Gasteiger partial charge is 0.176 e. The highest BCUT2D eigenvalue weighted by Crippen LogP contribution is 2.42. The molecule has 4 nitrogen and oxygen atoms in total. The fourth-order valence-electron chi connectivity index (χ4n) is 1.86. The van der Waals surface area contributed by atoms with Gasteiger partial charge in [0.05, 0.1) is 17.7 Å². The molecule has 0 aliphatic rings. The maximum Gasteiger partial charge on any atom is 0.176 e. The van der Waals surface area contributed by atoms with Gasteiger partial charge in [-0.3, -0.25) is 4.79 Å². The average Bonchev–Trinajstić information content (AvgIpc) is 2.76. The van der Waals surface area contributed by atoms with Gasteiger partial charge in [0.25, 0.3) is 0 Å². The van der Waals surface area contributed by atoms with Crippen LogP contribution in [0.5, 0.6) is 5.75 Å². The largest absolute Gasteiger partial charge is 0.492 e. The molecular formula is C14H14F2N2O2S. The van der Waals surface area contributed by atoms with Crippen molar-refractivity contribution >= 4 is 27.8 Å². The van der Waals surface area contributed by atoms with E-state index in [0.29, 0.717) is 15.6 Å². The number of carbonyl (C=O) groups is 1. The van der Waals surface area contributed by atoms with Crippen molar-refractivity contribution in [3.63, 3.8) is 0 Å². The number of hydrogen-bond donors (Lipinski definition) is 2. The number of rotatable bonds is 5. The van der Waals surface area contributed by atoms with Crippen molar-refractivity contribution in [3.05, 3.63) is 40.3 Å². The molecule has 0 unspecified atom stereocenters. The first kappa shape index (κ1) is 15.2. The van der Waals surface area contributed by atoms with Gasteiger partial charge in [-0.1, -0.05) is 0 Å². The van der Waals surface area contributed by atoms with Crippen LogP contribution in [-0.2, 0) is 6.54 Å². The molecule has 1 aromatic heterocycles. The number of thiophene rings is 1. The van der Waals surface area contributed by atoms with Crippen molar-refractivity contribution in [2.75, 3.05) is 18.2 Å². The maximum atomic E-state index is 13.6. The molecule has 0 bridgehead atoms. The minimum Gasteiger partial charge on any atom is -0.492 e. The van der Waals surface area contributed by atoms with E-state index in [1.807, 2.05) is 0 Å². The lowest BCUT2D eigenvalue weighted by molar-refractivity contribution is 0.102. The van der Waals surface area contributed by atoms with E-state index in [9.17, 15) is 13.6 Å². The summed E-state index contributed by atoms with van der Waals surface area (Å²) in [6, 6.07) is 3.22. The highest BCUT2D eigenvalue weighted by molar-refractivity contribution is 7.19. The van der Waals surface area contributed by atoms with Crippen molar-refractivity contribution in [2.24, 2.45) is 0 Å². The molecule has 3 N–H and O–H groups in total. The predicted octanol–water partition coefficient (Wildman–Crippen LogP) is 3.43. The van der Waals surface area contributed by atoms with Crippen molar-refractivity contribution in [3.8, 4) is 5.75 Å². The van der Waals surface area contributed by atoms with Gasteiger partial charge >= 0.3 is 0 Å². The number of Topliss-reactive ketones (excluding diaryl/α,β-unsaturated/α-hetero) is 1. The standard InChI is InChI=1S/C14H14F2N2O2S/c1-7(19)13-11(17)12(20-2)14(21-13)18-6-8-5-9(15)3-4-10(8)16/h3-5,18H,6,17H2,1-2H3. The monoisotopic (exact) mass is 312 g/mol. The van der Waals surface area contributed by atoms with Crippen LogP contribution < -0.4 is 15.8 Å². The second-order valence-electron chi connectivity index (χ2n) is 4.35. The Labute approximate surface area is 124 Å². The molecule has 21 heavy (non-hydrogen) atoms. The Morgan fingerprint density at radius 3 is 2.76 bits per heavy atom. The first-order valence-electron chi connectivity index (χ1n) is 6.09. The van der Waals surface area contributed by atoms with E-state index in [4.69, 9.17) is 10.5 Å². The van der Waals surface area contributed by atoms with E-state index in [-0.39, 0.29) is 23.6 Å². The maximum absolute atomic E-state index is 13.6. The molecule has 0 radical (unpaired) electrons. The van der Waals surface area contributed by atoms with E-state index < -0.39 is 11.6 Å². The molecule has 0 aliphatic heterocycles. The van der Waals surface area contributed by atoms with Crippen LogP contribution in [0.4, 0.5) is 19.5 Å². The molecule has 1 aromatic carbocycles. The number of nitrogens with one attached hydrogen (secondary N) is 1. The van der Waals surface area contributed by atoms with Crippen molar-refractivity contribution in [1.29, 1.82) is 0 Å².